The fourth-order valence-electron chi connectivity index (χ4n) is 2.40. The topological polar surface area (TPSA) is 64.7 Å². The molecule has 1 saturated carbocycles. The van der Waals surface area contributed by atoms with Gasteiger partial charge in [0.15, 0.2) is 5.79 Å². The molecule has 0 unspecified atom stereocenters. The summed E-state index contributed by atoms with van der Waals surface area (Å²) in [7, 11) is 0. The summed E-state index contributed by atoms with van der Waals surface area (Å²) in [6.45, 7) is 1.93. The average Bonchev–Trinajstić information content (AvgIpc) is 2.61. The highest BCUT2D eigenvalue weighted by Crippen LogP contribution is 2.41. The van der Waals surface area contributed by atoms with Crippen molar-refractivity contribution in [2.24, 2.45) is 5.73 Å². The molecule has 2 aliphatic rings. The Kier molecular flexibility index (Phi) is 2.79. The van der Waals surface area contributed by atoms with Gasteiger partial charge < -0.3 is 20.3 Å². The first-order valence-corrected chi connectivity index (χ1v) is 5.39. The average molecular weight is 201 g/mol. The Morgan fingerprint density at radius 1 is 1.07 bits per heavy atom. The van der Waals surface area contributed by atoms with E-state index in [9.17, 15) is 5.11 Å². The van der Waals surface area contributed by atoms with Gasteiger partial charge in [-0.15, -0.1) is 0 Å². The summed E-state index contributed by atoms with van der Waals surface area (Å²) in [6.07, 6.45) is 3.75. The van der Waals surface area contributed by atoms with Gasteiger partial charge in [-0.05, 0) is 25.8 Å². The summed E-state index contributed by atoms with van der Waals surface area (Å²) >= 11 is 0. The molecule has 82 valence electrons. The molecule has 0 aromatic carbocycles. The van der Waals surface area contributed by atoms with Gasteiger partial charge >= 0.3 is 0 Å². The number of rotatable bonds is 2. The van der Waals surface area contributed by atoms with E-state index in [0.29, 0.717) is 26.2 Å². The van der Waals surface area contributed by atoms with E-state index in [1.807, 2.05) is 0 Å². The first-order chi connectivity index (χ1) is 6.68. The molecule has 2 fully saturated rings. The van der Waals surface area contributed by atoms with Crippen LogP contribution in [0, 0.1) is 0 Å². The lowest BCUT2D eigenvalue weighted by Gasteiger charge is -2.40. The molecule has 4 heteroatoms. The van der Waals surface area contributed by atoms with Crippen LogP contribution in [0.25, 0.3) is 0 Å². The van der Waals surface area contributed by atoms with E-state index in [1.165, 1.54) is 0 Å². The third-order valence-corrected chi connectivity index (χ3v) is 3.37. The second kappa shape index (κ2) is 3.77. The van der Waals surface area contributed by atoms with Crippen molar-refractivity contribution in [3.8, 4) is 0 Å². The monoisotopic (exact) mass is 201 g/mol. The second-order valence-corrected chi connectivity index (χ2v) is 4.37. The highest BCUT2D eigenvalue weighted by Gasteiger charge is 2.44. The quantitative estimate of drug-likeness (QED) is 0.678. The Morgan fingerprint density at radius 3 is 2.14 bits per heavy atom. The van der Waals surface area contributed by atoms with Crippen LogP contribution in [-0.2, 0) is 9.47 Å². The van der Waals surface area contributed by atoms with Crippen molar-refractivity contribution in [1.82, 2.24) is 0 Å². The van der Waals surface area contributed by atoms with E-state index in [-0.39, 0.29) is 5.79 Å². The zero-order valence-corrected chi connectivity index (χ0v) is 8.50. The molecule has 0 atom stereocenters. The molecule has 0 amide bonds. The minimum atomic E-state index is -0.574. The van der Waals surface area contributed by atoms with Crippen LogP contribution < -0.4 is 5.73 Å². The summed E-state index contributed by atoms with van der Waals surface area (Å²) in [5, 5.41) is 10.1. The highest BCUT2D eigenvalue weighted by atomic mass is 16.7. The smallest absolute Gasteiger partial charge is 0.168 e. The van der Waals surface area contributed by atoms with Crippen molar-refractivity contribution in [3.63, 3.8) is 0 Å². The lowest BCUT2D eigenvalue weighted by molar-refractivity contribution is -0.203. The molecule has 0 aromatic heterocycles. The zero-order chi connectivity index (χ0) is 10.1. The SMILES string of the molecule is NCCC1(O)CCC2(CC1)OCCO2. The molecule has 3 N–H and O–H groups in total. The van der Waals surface area contributed by atoms with E-state index < -0.39 is 5.60 Å². The molecule has 4 nitrogen and oxygen atoms in total. The predicted octanol–water partition coefficient (Wildman–Crippen LogP) is 0.383. The number of hydrogen-bond donors (Lipinski definition) is 2. The van der Waals surface area contributed by atoms with Gasteiger partial charge in [-0.25, -0.2) is 0 Å². The number of hydrogen-bond acceptors (Lipinski definition) is 4. The second-order valence-electron chi connectivity index (χ2n) is 4.37. The fourth-order valence-corrected chi connectivity index (χ4v) is 2.40. The van der Waals surface area contributed by atoms with Crippen LogP contribution in [0.15, 0.2) is 0 Å². The molecule has 1 spiro atoms. The van der Waals surface area contributed by atoms with Crippen LogP contribution in [0.5, 0.6) is 0 Å². The third-order valence-electron chi connectivity index (χ3n) is 3.37. The zero-order valence-electron chi connectivity index (χ0n) is 8.50. The van der Waals surface area contributed by atoms with E-state index in [0.717, 1.165) is 25.7 Å². The molecular formula is C10H19NO3. The Hall–Kier alpha value is -0.160. The minimum absolute atomic E-state index is 0.374. The van der Waals surface area contributed by atoms with Crippen molar-refractivity contribution in [1.29, 1.82) is 0 Å². The van der Waals surface area contributed by atoms with E-state index >= 15 is 0 Å². The standard InChI is InChI=1S/C10H19NO3/c11-6-5-9(12)1-3-10(4-2-9)13-7-8-14-10/h12H,1-8,11H2. The summed E-state index contributed by atoms with van der Waals surface area (Å²) in [5.41, 5.74) is 4.89. The normalized spacial score (nSPS) is 29.6. The van der Waals surface area contributed by atoms with Gasteiger partial charge in [-0.1, -0.05) is 0 Å². The van der Waals surface area contributed by atoms with Crippen molar-refractivity contribution < 1.29 is 14.6 Å². The van der Waals surface area contributed by atoms with E-state index in [2.05, 4.69) is 0 Å². The predicted molar refractivity (Wildman–Crippen MR) is 51.7 cm³/mol. The maximum absolute atomic E-state index is 10.1. The van der Waals surface area contributed by atoms with E-state index in [4.69, 9.17) is 15.2 Å². The lowest BCUT2D eigenvalue weighted by Crippen LogP contribution is -2.44. The maximum atomic E-state index is 10.1. The Morgan fingerprint density at radius 2 is 1.64 bits per heavy atom. The Bertz CT molecular complexity index is 192. The summed E-state index contributed by atoms with van der Waals surface area (Å²) in [6, 6.07) is 0. The molecule has 0 bridgehead atoms. The van der Waals surface area contributed by atoms with Crippen LogP contribution in [0.1, 0.15) is 32.1 Å². The Balaban J connectivity index is 1.90. The van der Waals surface area contributed by atoms with Gasteiger partial charge in [0.1, 0.15) is 0 Å². The third kappa shape index (κ3) is 1.93. The highest BCUT2D eigenvalue weighted by molar-refractivity contribution is 4.91. The summed E-state index contributed by atoms with van der Waals surface area (Å²) in [5.74, 6) is -0.374. The van der Waals surface area contributed by atoms with Gasteiger partial charge in [0.2, 0.25) is 0 Å². The number of aliphatic hydroxyl groups is 1. The molecule has 1 saturated heterocycles. The van der Waals surface area contributed by atoms with Gasteiger partial charge in [0.05, 0.1) is 18.8 Å². The fraction of sp³-hybridized carbons (Fsp3) is 1.00. The molecular weight excluding hydrogens is 182 g/mol. The van der Waals surface area contributed by atoms with Crippen LogP contribution in [0.3, 0.4) is 0 Å². The molecule has 0 radical (unpaired) electrons. The molecule has 14 heavy (non-hydrogen) atoms. The molecule has 1 heterocycles. The lowest BCUT2D eigenvalue weighted by atomic mass is 9.79. The molecule has 1 aliphatic heterocycles. The van der Waals surface area contributed by atoms with Crippen molar-refractivity contribution in [2.45, 2.75) is 43.5 Å². The van der Waals surface area contributed by atoms with Gasteiger partial charge in [0.25, 0.3) is 0 Å². The molecule has 2 rings (SSSR count). The summed E-state index contributed by atoms with van der Waals surface area (Å²) in [4.78, 5) is 0. The van der Waals surface area contributed by atoms with Crippen LogP contribution in [0.4, 0.5) is 0 Å². The van der Waals surface area contributed by atoms with Crippen molar-refractivity contribution in [3.05, 3.63) is 0 Å². The maximum Gasteiger partial charge on any atom is 0.168 e. The largest absolute Gasteiger partial charge is 0.390 e. The minimum Gasteiger partial charge on any atom is -0.390 e. The first-order valence-electron chi connectivity index (χ1n) is 5.39. The Labute approximate surface area is 84.4 Å². The van der Waals surface area contributed by atoms with Crippen LogP contribution in [0.2, 0.25) is 0 Å². The van der Waals surface area contributed by atoms with Crippen LogP contribution in [-0.4, -0.2) is 36.3 Å². The summed E-state index contributed by atoms with van der Waals surface area (Å²) < 4.78 is 11.2. The number of nitrogens with two attached hydrogens (primary N) is 1. The molecule has 1 aliphatic carbocycles. The van der Waals surface area contributed by atoms with Crippen molar-refractivity contribution in [2.75, 3.05) is 19.8 Å². The van der Waals surface area contributed by atoms with Gasteiger partial charge in [-0.2, -0.15) is 0 Å². The number of ether oxygens (including phenoxy) is 2. The van der Waals surface area contributed by atoms with Gasteiger partial charge in [-0.3, -0.25) is 0 Å². The first kappa shape index (κ1) is 10.4. The molecule has 0 aromatic rings. The van der Waals surface area contributed by atoms with Gasteiger partial charge in [0, 0.05) is 12.8 Å². The van der Waals surface area contributed by atoms with E-state index in [1.54, 1.807) is 0 Å². The van der Waals surface area contributed by atoms with Crippen molar-refractivity contribution >= 4 is 0 Å². The van der Waals surface area contributed by atoms with Crippen LogP contribution >= 0.6 is 0 Å².